The van der Waals surface area contributed by atoms with Crippen molar-refractivity contribution in [2.24, 2.45) is 0 Å². The van der Waals surface area contributed by atoms with Gasteiger partial charge < -0.3 is 24.5 Å². The van der Waals surface area contributed by atoms with Crippen molar-refractivity contribution in [3.63, 3.8) is 0 Å². The maximum atomic E-state index is 14.1. The van der Waals surface area contributed by atoms with Gasteiger partial charge in [0.2, 0.25) is 5.91 Å². The molecule has 1 saturated heterocycles. The number of rotatable bonds is 4. The summed E-state index contributed by atoms with van der Waals surface area (Å²) in [4.78, 5) is 36.9. The monoisotopic (exact) mass is 536 g/mol. The quantitative estimate of drug-likeness (QED) is 0.513. The molecular weight excluding hydrogens is 503 g/mol. The standard InChI is InChI=1S/C29H33FN4O5/c1-29(2,3)39-28(37)34-16-19(35)14-24(34)27(36)33-11-8-17(9-12-33)23-15-22-20(7-10-31-26(22)32-23)21-13-18(30)5-6-25(21)38-4/h5-8,10,13,15,19,24,35H,9,11-12,14,16H2,1-4H3,(H,31,32)/t19-,24-/m1/s1. The Morgan fingerprint density at radius 2 is 1.97 bits per heavy atom. The van der Waals surface area contributed by atoms with Crippen LogP contribution in [-0.4, -0.2) is 81.4 Å². The molecule has 3 aromatic rings. The Hall–Kier alpha value is -3.92. The lowest BCUT2D eigenvalue weighted by molar-refractivity contribution is -0.135. The molecule has 0 bridgehead atoms. The number of benzene rings is 1. The fourth-order valence-electron chi connectivity index (χ4n) is 5.22. The van der Waals surface area contributed by atoms with Gasteiger partial charge in [-0.05, 0) is 68.7 Å². The van der Waals surface area contributed by atoms with Crippen molar-refractivity contribution >= 4 is 28.6 Å². The van der Waals surface area contributed by atoms with E-state index in [1.54, 1.807) is 45.0 Å². The molecule has 2 amide bonds. The maximum Gasteiger partial charge on any atom is 0.411 e. The molecule has 1 fully saturated rings. The molecule has 2 aromatic heterocycles. The van der Waals surface area contributed by atoms with E-state index in [1.807, 2.05) is 18.2 Å². The minimum Gasteiger partial charge on any atom is -0.496 e. The van der Waals surface area contributed by atoms with Crippen molar-refractivity contribution in [2.75, 3.05) is 26.7 Å². The highest BCUT2D eigenvalue weighted by Gasteiger charge is 2.42. The van der Waals surface area contributed by atoms with Crippen molar-refractivity contribution in [3.8, 4) is 16.9 Å². The zero-order chi connectivity index (χ0) is 27.9. The SMILES string of the molecule is COc1ccc(F)cc1-c1ccnc2[nH]c(C3=CCN(C(=O)[C@H]4C[C@@H](O)CN4C(=O)OC(C)(C)C)CC3)cc12. The van der Waals surface area contributed by atoms with E-state index in [0.29, 0.717) is 36.5 Å². The summed E-state index contributed by atoms with van der Waals surface area (Å²) in [6, 6.07) is 7.48. The number of fused-ring (bicyclic) bond motifs is 1. The third kappa shape index (κ3) is 5.47. The van der Waals surface area contributed by atoms with E-state index in [2.05, 4.69) is 9.97 Å². The van der Waals surface area contributed by atoms with Gasteiger partial charge in [0.1, 0.15) is 28.9 Å². The fraction of sp³-hybridized carbons (Fsp3) is 0.414. The van der Waals surface area contributed by atoms with Gasteiger partial charge in [-0.3, -0.25) is 9.69 Å². The second-order valence-corrected chi connectivity index (χ2v) is 11.0. The Labute approximate surface area is 226 Å². The molecule has 0 unspecified atom stereocenters. The number of carbonyl (C=O) groups excluding carboxylic acids is 2. The number of β-amino-alcohol motifs (C(OH)–C–C–N with tert-alkyl or cyclic N) is 1. The van der Waals surface area contributed by atoms with E-state index in [1.165, 1.54) is 17.0 Å². The third-order valence-corrected chi connectivity index (χ3v) is 7.04. The average Bonchev–Trinajstić information content (AvgIpc) is 3.51. The highest BCUT2D eigenvalue weighted by molar-refractivity contribution is 5.97. The Balaban J connectivity index is 1.35. The number of aromatic nitrogens is 2. The molecule has 4 heterocycles. The van der Waals surface area contributed by atoms with Crippen LogP contribution in [0.1, 0.15) is 39.3 Å². The first-order chi connectivity index (χ1) is 18.5. The van der Waals surface area contributed by atoms with Crippen molar-refractivity contribution in [1.82, 2.24) is 19.8 Å². The number of pyridine rings is 1. The summed E-state index contributed by atoms with van der Waals surface area (Å²) in [5.74, 6) is 0.00735. The van der Waals surface area contributed by atoms with Crippen molar-refractivity contribution < 1.29 is 28.6 Å². The van der Waals surface area contributed by atoms with Gasteiger partial charge in [0.25, 0.3) is 0 Å². The molecule has 0 radical (unpaired) electrons. The summed E-state index contributed by atoms with van der Waals surface area (Å²) in [7, 11) is 1.55. The van der Waals surface area contributed by atoms with Gasteiger partial charge in [0, 0.05) is 42.4 Å². The van der Waals surface area contributed by atoms with Crippen LogP contribution in [0.3, 0.4) is 0 Å². The van der Waals surface area contributed by atoms with E-state index in [4.69, 9.17) is 9.47 Å². The molecule has 0 aliphatic carbocycles. The number of carbonyl (C=O) groups is 2. The lowest BCUT2D eigenvalue weighted by Crippen LogP contribution is -2.49. The van der Waals surface area contributed by atoms with Gasteiger partial charge in [-0.2, -0.15) is 0 Å². The van der Waals surface area contributed by atoms with Crippen LogP contribution in [0.25, 0.3) is 27.7 Å². The number of nitrogens with zero attached hydrogens (tertiary/aromatic N) is 3. The predicted octanol–water partition coefficient (Wildman–Crippen LogP) is 4.36. The van der Waals surface area contributed by atoms with E-state index in [9.17, 15) is 19.1 Å². The Morgan fingerprint density at radius 3 is 2.67 bits per heavy atom. The molecule has 5 rings (SSSR count). The third-order valence-electron chi connectivity index (χ3n) is 7.04. The van der Waals surface area contributed by atoms with Gasteiger partial charge >= 0.3 is 6.09 Å². The van der Waals surface area contributed by atoms with Crippen molar-refractivity contribution in [1.29, 1.82) is 0 Å². The van der Waals surface area contributed by atoms with Crippen LogP contribution in [-0.2, 0) is 9.53 Å². The Kier molecular flexibility index (Phi) is 7.07. The summed E-state index contributed by atoms with van der Waals surface area (Å²) >= 11 is 0. The zero-order valence-corrected chi connectivity index (χ0v) is 22.5. The summed E-state index contributed by atoms with van der Waals surface area (Å²) < 4.78 is 25.0. The fourth-order valence-corrected chi connectivity index (χ4v) is 5.22. The van der Waals surface area contributed by atoms with Crippen LogP contribution in [0.15, 0.2) is 42.6 Å². The Morgan fingerprint density at radius 1 is 1.18 bits per heavy atom. The number of hydrogen-bond donors (Lipinski definition) is 2. The predicted molar refractivity (Wildman–Crippen MR) is 145 cm³/mol. The lowest BCUT2D eigenvalue weighted by atomic mass is 10.0. The van der Waals surface area contributed by atoms with E-state index in [-0.39, 0.29) is 24.7 Å². The number of methoxy groups -OCH3 is 1. The number of hydrogen-bond acceptors (Lipinski definition) is 6. The first-order valence-electron chi connectivity index (χ1n) is 13.0. The molecule has 0 saturated carbocycles. The number of amides is 2. The molecule has 1 aromatic carbocycles. The number of aliphatic hydroxyl groups is 1. The first-order valence-corrected chi connectivity index (χ1v) is 13.0. The number of ether oxygens (including phenoxy) is 2. The van der Waals surface area contributed by atoms with Crippen molar-refractivity contribution in [2.45, 2.75) is 51.4 Å². The van der Waals surface area contributed by atoms with Crippen LogP contribution in [0.5, 0.6) is 5.75 Å². The highest BCUT2D eigenvalue weighted by Crippen LogP contribution is 2.36. The van der Waals surface area contributed by atoms with Gasteiger partial charge in [-0.25, -0.2) is 14.2 Å². The minimum atomic E-state index is -0.771. The van der Waals surface area contributed by atoms with Gasteiger partial charge in [0.05, 0.1) is 19.8 Å². The number of aliphatic hydroxyl groups excluding tert-OH is 1. The van der Waals surface area contributed by atoms with Crippen LogP contribution in [0.4, 0.5) is 9.18 Å². The summed E-state index contributed by atoms with van der Waals surface area (Å²) in [6.45, 7) is 6.21. The molecule has 9 nitrogen and oxygen atoms in total. The van der Waals surface area contributed by atoms with E-state index >= 15 is 0 Å². The van der Waals surface area contributed by atoms with Crippen molar-refractivity contribution in [3.05, 3.63) is 54.1 Å². The molecule has 2 N–H and O–H groups in total. The molecule has 2 aliphatic rings. The van der Waals surface area contributed by atoms with E-state index < -0.39 is 23.8 Å². The normalized spacial score (nSPS) is 19.8. The lowest BCUT2D eigenvalue weighted by Gasteiger charge is -2.32. The average molecular weight is 537 g/mol. The number of halogens is 1. The number of H-pyrrole nitrogens is 1. The zero-order valence-electron chi connectivity index (χ0n) is 22.5. The molecule has 206 valence electrons. The number of nitrogens with one attached hydrogen (secondary N) is 1. The van der Waals surface area contributed by atoms with Gasteiger partial charge in [0.15, 0.2) is 0 Å². The number of aromatic amines is 1. The summed E-state index contributed by atoms with van der Waals surface area (Å²) in [6.07, 6.45) is 3.07. The minimum absolute atomic E-state index is 0.0702. The molecule has 2 aliphatic heterocycles. The summed E-state index contributed by atoms with van der Waals surface area (Å²) in [5.41, 5.74) is 3.31. The maximum absolute atomic E-state index is 14.1. The summed E-state index contributed by atoms with van der Waals surface area (Å²) in [5, 5.41) is 11.0. The van der Waals surface area contributed by atoms with Gasteiger partial charge in [-0.1, -0.05) is 6.08 Å². The second kappa shape index (κ2) is 10.3. The molecular formula is C29H33FN4O5. The smallest absolute Gasteiger partial charge is 0.411 e. The molecule has 10 heteroatoms. The van der Waals surface area contributed by atoms with Crippen LogP contribution >= 0.6 is 0 Å². The second-order valence-electron chi connectivity index (χ2n) is 11.0. The van der Waals surface area contributed by atoms with Crippen LogP contribution in [0.2, 0.25) is 0 Å². The van der Waals surface area contributed by atoms with Crippen LogP contribution in [0, 0.1) is 5.82 Å². The highest BCUT2D eigenvalue weighted by atomic mass is 19.1. The molecule has 0 spiro atoms. The molecule has 2 atom stereocenters. The topological polar surface area (TPSA) is 108 Å². The van der Waals surface area contributed by atoms with E-state index in [0.717, 1.165) is 22.2 Å². The van der Waals surface area contributed by atoms with Crippen LogP contribution < -0.4 is 4.74 Å². The largest absolute Gasteiger partial charge is 0.496 e. The van der Waals surface area contributed by atoms with Gasteiger partial charge in [-0.15, -0.1) is 0 Å². The first kappa shape index (κ1) is 26.7. The number of likely N-dealkylation sites (tertiary alicyclic amines) is 1. The molecule has 39 heavy (non-hydrogen) atoms. The Bertz CT molecular complexity index is 1440.